The third-order valence-electron chi connectivity index (χ3n) is 3.91. The second-order valence-corrected chi connectivity index (χ2v) is 5.37. The maximum atomic E-state index is 6.30. The second kappa shape index (κ2) is 5.82. The molecule has 2 unspecified atom stereocenters. The lowest BCUT2D eigenvalue weighted by Gasteiger charge is -2.38. The number of piperazine rings is 1. The van der Waals surface area contributed by atoms with E-state index in [4.69, 9.17) is 5.73 Å². The van der Waals surface area contributed by atoms with E-state index in [9.17, 15) is 0 Å². The Hall–Kier alpha value is -0.910. The van der Waals surface area contributed by atoms with E-state index in [0.29, 0.717) is 6.04 Å². The predicted octanol–water partition coefficient (Wildman–Crippen LogP) is 0.539. The van der Waals surface area contributed by atoms with Crippen LogP contribution in [0, 0.1) is 0 Å². The van der Waals surface area contributed by atoms with E-state index >= 15 is 0 Å². The van der Waals surface area contributed by atoms with Crippen molar-refractivity contribution in [3.63, 3.8) is 0 Å². The van der Waals surface area contributed by atoms with E-state index < -0.39 is 0 Å². The molecule has 5 nitrogen and oxygen atoms in total. The Morgan fingerprint density at radius 1 is 1.44 bits per heavy atom. The van der Waals surface area contributed by atoms with E-state index in [1.165, 1.54) is 0 Å². The summed E-state index contributed by atoms with van der Waals surface area (Å²) in [5, 5.41) is 4.30. The normalized spacial score (nSPS) is 24.3. The molecule has 2 atom stereocenters. The SMILES string of the molecule is CCn1cc(C(N)CC2CN(C)CCN2C)cn1. The fourth-order valence-corrected chi connectivity index (χ4v) is 2.53. The molecule has 0 bridgehead atoms. The number of hydrogen-bond acceptors (Lipinski definition) is 4. The van der Waals surface area contributed by atoms with Gasteiger partial charge in [0.05, 0.1) is 6.20 Å². The Kier molecular flexibility index (Phi) is 4.37. The second-order valence-electron chi connectivity index (χ2n) is 5.37. The third-order valence-corrected chi connectivity index (χ3v) is 3.91. The summed E-state index contributed by atoms with van der Waals surface area (Å²) in [7, 11) is 4.38. The van der Waals surface area contributed by atoms with Gasteiger partial charge in [0.15, 0.2) is 0 Å². The van der Waals surface area contributed by atoms with Gasteiger partial charge in [0.2, 0.25) is 0 Å². The summed E-state index contributed by atoms with van der Waals surface area (Å²) < 4.78 is 1.94. The first-order valence-corrected chi connectivity index (χ1v) is 6.77. The van der Waals surface area contributed by atoms with Gasteiger partial charge in [-0.1, -0.05) is 0 Å². The molecule has 102 valence electrons. The summed E-state index contributed by atoms with van der Waals surface area (Å²) in [6, 6.07) is 0.632. The van der Waals surface area contributed by atoms with Crippen LogP contribution in [0.3, 0.4) is 0 Å². The highest BCUT2D eigenvalue weighted by atomic mass is 15.3. The molecule has 5 heteroatoms. The number of rotatable bonds is 4. The smallest absolute Gasteiger partial charge is 0.0537 e. The topological polar surface area (TPSA) is 50.3 Å². The van der Waals surface area contributed by atoms with Gasteiger partial charge >= 0.3 is 0 Å². The lowest BCUT2D eigenvalue weighted by molar-refractivity contribution is 0.104. The number of nitrogens with two attached hydrogens (primary N) is 1. The van der Waals surface area contributed by atoms with E-state index in [2.05, 4.69) is 42.1 Å². The molecule has 1 aromatic heterocycles. The number of aromatic nitrogens is 2. The fourth-order valence-electron chi connectivity index (χ4n) is 2.53. The summed E-state index contributed by atoms with van der Waals surface area (Å²) in [6.07, 6.45) is 4.97. The molecule has 0 spiro atoms. The van der Waals surface area contributed by atoms with Crippen molar-refractivity contribution in [2.24, 2.45) is 5.73 Å². The first-order valence-electron chi connectivity index (χ1n) is 6.77. The molecule has 2 rings (SSSR count). The molecule has 0 aliphatic carbocycles. The van der Waals surface area contributed by atoms with Gasteiger partial charge in [-0.3, -0.25) is 4.68 Å². The molecule has 18 heavy (non-hydrogen) atoms. The Balaban J connectivity index is 1.95. The summed E-state index contributed by atoms with van der Waals surface area (Å²) in [6.45, 7) is 6.37. The minimum atomic E-state index is 0.0873. The summed E-state index contributed by atoms with van der Waals surface area (Å²) in [5.41, 5.74) is 7.45. The van der Waals surface area contributed by atoms with Crippen LogP contribution in [-0.2, 0) is 6.54 Å². The molecule has 2 heterocycles. The molecule has 0 saturated carbocycles. The van der Waals surface area contributed by atoms with Gasteiger partial charge in [0, 0.05) is 50.0 Å². The summed E-state index contributed by atoms with van der Waals surface area (Å²) in [4.78, 5) is 4.80. The number of likely N-dealkylation sites (N-methyl/N-ethyl adjacent to an activating group) is 2. The zero-order chi connectivity index (χ0) is 13.1. The minimum Gasteiger partial charge on any atom is -0.324 e. The van der Waals surface area contributed by atoms with E-state index in [1.54, 1.807) is 0 Å². The number of aryl methyl sites for hydroxylation is 1. The maximum absolute atomic E-state index is 6.30. The molecule has 1 saturated heterocycles. The van der Waals surface area contributed by atoms with Crippen molar-refractivity contribution in [3.05, 3.63) is 18.0 Å². The Bertz CT molecular complexity index is 375. The van der Waals surface area contributed by atoms with Crippen molar-refractivity contribution in [3.8, 4) is 0 Å². The van der Waals surface area contributed by atoms with Crippen LogP contribution in [0.2, 0.25) is 0 Å². The van der Waals surface area contributed by atoms with Gasteiger partial charge in [-0.2, -0.15) is 5.10 Å². The fraction of sp³-hybridized carbons (Fsp3) is 0.769. The molecular formula is C13H25N5. The van der Waals surface area contributed by atoms with Crippen LogP contribution in [0.5, 0.6) is 0 Å². The van der Waals surface area contributed by atoms with Crippen LogP contribution >= 0.6 is 0 Å². The average Bonchev–Trinajstić information content (AvgIpc) is 2.82. The van der Waals surface area contributed by atoms with Gasteiger partial charge in [-0.15, -0.1) is 0 Å². The Morgan fingerprint density at radius 2 is 2.22 bits per heavy atom. The first kappa shape index (κ1) is 13.5. The van der Waals surface area contributed by atoms with Gasteiger partial charge in [0.1, 0.15) is 0 Å². The van der Waals surface area contributed by atoms with Crippen LogP contribution in [0.1, 0.15) is 24.9 Å². The lowest BCUT2D eigenvalue weighted by Crippen LogP contribution is -2.50. The molecule has 0 amide bonds. The van der Waals surface area contributed by atoms with Crippen molar-refractivity contribution in [2.45, 2.75) is 32.0 Å². The summed E-state index contributed by atoms with van der Waals surface area (Å²) >= 11 is 0. The maximum Gasteiger partial charge on any atom is 0.0537 e. The first-order chi connectivity index (χ1) is 8.60. The van der Waals surface area contributed by atoms with Crippen molar-refractivity contribution in [2.75, 3.05) is 33.7 Å². The quantitative estimate of drug-likeness (QED) is 0.848. The van der Waals surface area contributed by atoms with Gasteiger partial charge in [-0.25, -0.2) is 0 Å². The molecule has 2 N–H and O–H groups in total. The predicted molar refractivity (Wildman–Crippen MR) is 73.4 cm³/mol. The van der Waals surface area contributed by atoms with E-state index in [-0.39, 0.29) is 6.04 Å². The van der Waals surface area contributed by atoms with Crippen LogP contribution in [-0.4, -0.2) is 59.4 Å². The standard InChI is InChI=1S/C13H25N5/c1-4-18-9-11(8-15-18)13(14)7-12-10-16(2)5-6-17(12)3/h8-9,12-13H,4-7,10,14H2,1-3H3. The van der Waals surface area contributed by atoms with Crippen molar-refractivity contribution in [1.82, 2.24) is 19.6 Å². The molecule has 0 radical (unpaired) electrons. The number of hydrogen-bond donors (Lipinski definition) is 1. The molecular weight excluding hydrogens is 226 g/mol. The van der Waals surface area contributed by atoms with Crippen LogP contribution in [0.4, 0.5) is 0 Å². The Labute approximate surface area is 110 Å². The van der Waals surface area contributed by atoms with Crippen LogP contribution in [0.25, 0.3) is 0 Å². The van der Waals surface area contributed by atoms with Crippen LogP contribution in [0.15, 0.2) is 12.4 Å². The zero-order valence-corrected chi connectivity index (χ0v) is 11.7. The van der Waals surface area contributed by atoms with Crippen molar-refractivity contribution < 1.29 is 0 Å². The Morgan fingerprint density at radius 3 is 2.89 bits per heavy atom. The highest BCUT2D eigenvalue weighted by molar-refractivity contribution is 5.10. The van der Waals surface area contributed by atoms with Crippen molar-refractivity contribution in [1.29, 1.82) is 0 Å². The van der Waals surface area contributed by atoms with Gasteiger partial charge in [-0.05, 0) is 27.4 Å². The van der Waals surface area contributed by atoms with Crippen molar-refractivity contribution >= 4 is 0 Å². The third kappa shape index (κ3) is 3.10. The monoisotopic (exact) mass is 251 g/mol. The van der Waals surface area contributed by atoms with E-state index in [0.717, 1.165) is 38.2 Å². The number of nitrogens with zero attached hydrogens (tertiary/aromatic N) is 4. The average molecular weight is 251 g/mol. The van der Waals surface area contributed by atoms with Gasteiger partial charge < -0.3 is 15.5 Å². The molecule has 1 aromatic rings. The molecule has 0 aromatic carbocycles. The minimum absolute atomic E-state index is 0.0873. The largest absolute Gasteiger partial charge is 0.324 e. The van der Waals surface area contributed by atoms with Crippen LogP contribution < -0.4 is 5.73 Å². The molecule has 1 fully saturated rings. The lowest BCUT2D eigenvalue weighted by atomic mass is 10.0. The molecule has 1 aliphatic heterocycles. The zero-order valence-electron chi connectivity index (χ0n) is 11.7. The highest BCUT2D eigenvalue weighted by Crippen LogP contribution is 2.19. The summed E-state index contributed by atoms with van der Waals surface area (Å²) in [5.74, 6) is 0. The molecule has 1 aliphatic rings. The van der Waals surface area contributed by atoms with Gasteiger partial charge in [0.25, 0.3) is 0 Å². The highest BCUT2D eigenvalue weighted by Gasteiger charge is 2.24. The van der Waals surface area contributed by atoms with E-state index in [1.807, 2.05) is 10.9 Å².